The zero-order valence-corrected chi connectivity index (χ0v) is 8.91. The van der Waals surface area contributed by atoms with E-state index in [4.69, 9.17) is 0 Å². The van der Waals surface area contributed by atoms with Gasteiger partial charge < -0.3 is 0 Å². The van der Waals surface area contributed by atoms with Crippen LogP contribution in [-0.4, -0.2) is 29.6 Å². The minimum absolute atomic E-state index is 1.28. The van der Waals surface area contributed by atoms with E-state index in [1.54, 1.807) is 0 Å². The molecule has 1 rings (SSSR count). The van der Waals surface area contributed by atoms with E-state index in [1.807, 2.05) is 13.8 Å². The summed E-state index contributed by atoms with van der Waals surface area (Å²) in [4.78, 5) is 2.54. The highest BCUT2D eigenvalue weighted by Crippen LogP contribution is 2.13. The zero-order chi connectivity index (χ0) is 8.53. The summed E-state index contributed by atoms with van der Waals surface area (Å²) in [6.07, 6.45) is 2.71. The van der Waals surface area contributed by atoms with Gasteiger partial charge in [-0.2, -0.15) is 0 Å². The molecule has 0 amide bonds. The molecule has 0 bridgehead atoms. The van der Waals surface area contributed by atoms with Crippen molar-refractivity contribution < 1.29 is 0 Å². The van der Waals surface area contributed by atoms with Crippen molar-refractivity contribution in [2.45, 2.75) is 33.6 Å². The maximum absolute atomic E-state index is 2.54. The van der Waals surface area contributed by atoms with E-state index < -0.39 is 0 Å². The number of unbranched alkanes of at least 4 members (excludes halogenated alkanes) is 1. The first-order valence-electron chi connectivity index (χ1n) is 4.73. The molecule has 0 spiro atoms. The second kappa shape index (κ2) is 8.41. The molecule has 0 radical (unpaired) electrons. The Labute approximate surface area is 75.5 Å². The molecule has 0 atom stereocenters. The first-order chi connectivity index (χ1) is 5.43. The lowest BCUT2D eigenvalue weighted by atomic mass is 10.3. The molecule has 1 aliphatic heterocycles. The maximum Gasteiger partial charge on any atom is 0.0445 e. The first-order valence-corrected chi connectivity index (χ1v) is 5.89. The molecule has 0 unspecified atom stereocenters. The number of nitrogens with zero attached hydrogens (tertiary/aromatic N) is 1. The van der Waals surface area contributed by atoms with E-state index in [-0.39, 0.29) is 0 Å². The maximum atomic E-state index is 2.54. The van der Waals surface area contributed by atoms with Crippen LogP contribution in [0.4, 0.5) is 0 Å². The SMILES string of the molecule is CC.CCCCN1CCSC1. The van der Waals surface area contributed by atoms with Gasteiger partial charge in [0.2, 0.25) is 0 Å². The first kappa shape index (κ1) is 11.3. The van der Waals surface area contributed by atoms with Crippen LogP contribution in [0.15, 0.2) is 0 Å². The third-order valence-electron chi connectivity index (χ3n) is 1.65. The summed E-state index contributed by atoms with van der Waals surface area (Å²) in [6.45, 7) is 8.90. The molecule has 1 saturated heterocycles. The lowest BCUT2D eigenvalue weighted by molar-refractivity contribution is 0.349. The molecule has 0 aromatic carbocycles. The number of hydrogen-bond donors (Lipinski definition) is 0. The molecule has 0 aliphatic carbocycles. The van der Waals surface area contributed by atoms with Gasteiger partial charge in [0.15, 0.2) is 0 Å². The van der Waals surface area contributed by atoms with Gasteiger partial charge in [0, 0.05) is 18.2 Å². The number of hydrogen-bond acceptors (Lipinski definition) is 2. The standard InChI is InChI=1S/C7H15NS.C2H6/c1-2-3-4-8-5-6-9-7-8;1-2/h2-7H2,1H3;1-2H3. The largest absolute Gasteiger partial charge is 0.293 e. The third kappa shape index (κ3) is 5.57. The Hall–Kier alpha value is 0.310. The Bertz CT molecular complexity index is 70.0. The van der Waals surface area contributed by atoms with Crippen molar-refractivity contribution in [3.05, 3.63) is 0 Å². The predicted molar refractivity (Wildman–Crippen MR) is 55.2 cm³/mol. The van der Waals surface area contributed by atoms with Crippen molar-refractivity contribution in [1.82, 2.24) is 4.90 Å². The molecule has 0 aromatic rings. The number of rotatable bonds is 3. The Morgan fingerprint density at radius 1 is 1.36 bits per heavy atom. The van der Waals surface area contributed by atoms with E-state index in [0.29, 0.717) is 0 Å². The Balaban J connectivity index is 0.000000461. The van der Waals surface area contributed by atoms with Crippen LogP contribution in [-0.2, 0) is 0 Å². The van der Waals surface area contributed by atoms with Gasteiger partial charge in [-0.25, -0.2) is 0 Å². The minimum atomic E-state index is 1.28. The van der Waals surface area contributed by atoms with Crippen molar-refractivity contribution >= 4 is 11.8 Å². The fourth-order valence-corrected chi connectivity index (χ4v) is 2.04. The van der Waals surface area contributed by atoms with Crippen LogP contribution in [0, 0.1) is 0 Å². The summed E-state index contributed by atoms with van der Waals surface area (Å²) in [7, 11) is 0. The fraction of sp³-hybridized carbons (Fsp3) is 1.00. The Morgan fingerprint density at radius 2 is 2.09 bits per heavy atom. The van der Waals surface area contributed by atoms with Crippen LogP contribution in [0.25, 0.3) is 0 Å². The lowest BCUT2D eigenvalue weighted by Gasteiger charge is -2.11. The van der Waals surface area contributed by atoms with Crippen LogP contribution < -0.4 is 0 Å². The highest BCUT2D eigenvalue weighted by molar-refractivity contribution is 7.99. The molecule has 2 heteroatoms. The summed E-state index contributed by atoms with van der Waals surface area (Å²) < 4.78 is 0. The monoisotopic (exact) mass is 175 g/mol. The molecule has 1 nitrogen and oxygen atoms in total. The highest BCUT2D eigenvalue weighted by Gasteiger charge is 2.09. The zero-order valence-electron chi connectivity index (χ0n) is 8.10. The van der Waals surface area contributed by atoms with E-state index in [1.165, 1.54) is 37.6 Å². The molecule has 0 aromatic heterocycles. The molecule has 1 fully saturated rings. The second-order valence-electron chi connectivity index (χ2n) is 2.51. The predicted octanol–water partition coefficient (Wildman–Crippen LogP) is 2.82. The molecule has 1 heterocycles. The smallest absolute Gasteiger partial charge is 0.0445 e. The van der Waals surface area contributed by atoms with Gasteiger partial charge in [0.05, 0.1) is 0 Å². The van der Waals surface area contributed by atoms with Gasteiger partial charge in [-0.3, -0.25) is 4.90 Å². The van der Waals surface area contributed by atoms with E-state index in [0.717, 1.165) is 0 Å². The normalized spacial score (nSPS) is 17.7. The average molecular weight is 175 g/mol. The summed E-state index contributed by atoms with van der Waals surface area (Å²) >= 11 is 2.06. The highest BCUT2D eigenvalue weighted by atomic mass is 32.2. The molecule has 1 aliphatic rings. The fourth-order valence-electron chi connectivity index (χ4n) is 1.01. The van der Waals surface area contributed by atoms with E-state index in [9.17, 15) is 0 Å². The summed E-state index contributed by atoms with van der Waals surface area (Å²) in [5.41, 5.74) is 0. The molecular formula is C9H21NS. The lowest BCUT2D eigenvalue weighted by Crippen LogP contribution is -2.20. The topological polar surface area (TPSA) is 3.24 Å². The third-order valence-corrected chi connectivity index (χ3v) is 2.67. The quantitative estimate of drug-likeness (QED) is 0.649. The summed E-state index contributed by atoms with van der Waals surface area (Å²) in [6, 6.07) is 0. The van der Waals surface area contributed by atoms with Gasteiger partial charge in [0.25, 0.3) is 0 Å². The van der Waals surface area contributed by atoms with Crippen molar-refractivity contribution in [2.24, 2.45) is 0 Å². The van der Waals surface area contributed by atoms with Crippen molar-refractivity contribution in [3.8, 4) is 0 Å². The van der Waals surface area contributed by atoms with Gasteiger partial charge in [-0.15, -0.1) is 11.8 Å². The molecule has 68 valence electrons. The van der Waals surface area contributed by atoms with Gasteiger partial charge in [-0.1, -0.05) is 27.2 Å². The summed E-state index contributed by atoms with van der Waals surface area (Å²) in [5, 5.41) is 0. The average Bonchev–Trinajstić information content (AvgIpc) is 2.57. The second-order valence-corrected chi connectivity index (χ2v) is 3.58. The van der Waals surface area contributed by atoms with Crippen LogP contribution >= 0.6 is 11.8 Å². The van der Waals surface area contributed by atoms with Crippen molar-refractivity contribution in [2.75, 3.05) is 24.7 Å². The van der Waals surface area contributed by atoms with E-state index in [2.05, 4.69) is 23.6 Å². The van der Waals surface area contributed by atoms with Crippen LogP contribution in [0.3, 0.4) is 0 Å². The van der Waals surface area contributed by atoms with Crippen LogP contribution in [0.2, 0.25) is 0 Å². The molecule has 0 saturated carbocycles. The minimum Gasteiger partial charge on any atom is -0.293 e. The number of thioether (sulfide) groups is 1. The van der Waals surface area contributed by atoms with Crippen molar-refractivity contribution in [1.29, 1.82) is 0 Å². The Morgan fingerprint density at radius 3 is 2.55 bits per heavy atom. The van der Waals surface area contributed by atoms with Gasteiger partial charge in [0.1, 0.15) is 0 Å². The van der Waals surface area contributed by atoms with Crippen LogP contribution in [0.1, 0.15) is 33.6 Å². The van der Waals surface area contributed by atoms with Crippen molar-refractivity contribution in [3.63, 3.8) is 0 Å². The van der Waals surface area contributed by atoms with Gasteiger partial charge >= 0.3 is 0 Å². The molecule has 11 heavy (non-hydrogen) atoms. The van der Waals surface area contributed by atoms with Gasteiger partial charge in [-0.05, 0) is 13.0 Å². The van der Waals surface area contributed by atoms with Crippen LogP contribution in [0.5, 0.6) is 0 Å². The Kier molecular flexibility index (Phi) is 8.64. The summed E-state index contributed by atoms with van der Waals surface area (Å²) in [5.74, 6) is 2.63. The molecular weight excluding hydrogens is 154 g/mol. The molecule has 0 N–H and O–H groups in total. The van der Waals surface area contributed by atoms with E-state index >= 15 is 0 Å².